The van der Waals surface area contributed by atoms with E-state index in [1.807, 2.05) is 28.6 Å². The summed E-state index contributed by atoms with van der Waals surface area (Å²) in [5, 5.41) is 4.52. The largest absolute Gasteiger partial charge is 0.457 e. The Bertz CT molecular complexity index is 1250. The van der Waals surface area contributed by atoms with Gasteiger partial charge in [-0.2, -0.15) is 5.10 Å². The van der Waals surface area contributed by atoms with Crippen molar-refractivity contribution in [2.75, 3.05) is 6.54 Å². The number of amides is 1. The van der Waals surface area contributed by atoms with Crippen LogP contribution in [0, 0.1) is 12.7 Å². The van der Waals surface area contributed by atoms with Gasteiger partial charge < -0.3 is 9.64 Å². The van der Waals surface area contributed by atoms with Gasteiger partial charge in [-0.15, -0.1) is 0 Å². The first kappa shape index (κ1) is 18.3. The van der Waals surface area contributed by atoms with Crippen LogP contribution in [0.5, 0.6) is 11.5 Å². The molecule has 2 aromatic carbocycles. The summed E-state index contributed by atoms with van der Waals surface area (Å²) in [7, 11) is 0. The average Bonchev–Trinajstić information content (AvgIpc) is 3.15. The topological polar surface area (TPSA) is 59.7 Å². The van der Waals surface area contributed by atoms with Gasteiger partial charge in [0.05, 0.1) is 11.4 Å². The summed E-state index contributed by atoms with van der Waals surface area (Å²) in [5.41, 5.74) is 4.40. The lowest BCUT2D eigenvalue weighted by Crippen LogP contribution is -2.37. The monoisotopic (exact) mass is 402 g/mol. The van der Waals surface area contributed by atoms with Crippen molar-refractivity contribution >= 4 is 11.6 Å². The van der Waals surface area contributed by atoms with Crippen molar-refractivity contribution in [3.63, 3.8) is 0 Å². The van der Waals surface area contributed by atoms with E-state index in [0.717, 1.165) is 22.6 Å². The van der Waals surface area contributed by atoms with Gasteiger partial charge in [-0.3, -0.25) is 4.79 Å². The van der Waals surface area contributed by atoms with Crippen LogP contribution in [0.3, 0.4) is 0 Å². The van der Waals surface area contributed by atoms with E-state index in [1.165, 1.54) is 12.1 Å². The van der Waals surface area contributed by atoms with Gasteiger partial charge >= 0.3 is 0 Å². The fraction of sp³-hybridized carbons (Fsp3) is 0.174. The molecule has 0 spiro atoms. The van der Waals surface area contributed by atoms with Crippen molar-refractivity contribution in [3.8, 4) is 11.5 Å². The van der Waals surface area contributed by atoms with Crippen molar-refractivity contribution in [1.82, 2.24) is 19.5 Å². The summed E-state index contributed by atoms with van der Waals surface area (Å²) >= 11 is 0. The number of benzene rings is 2. The molecule has 5 rings (SSSR count). The second-order valence-electron chi connectivity index (χ2n) is 7.35. The predicted octanol–water partition coefficient (Wildman–Crippen LogP) is 4.17. The maximum Gasteiger partial charge on any atom is 0.254 e. The van der Waals surface area contributed by atoms with Crippen LogP contribution in [0.2, 0.25) is 0 Å². The van der Waals surface area contributed by atoms with Crippen molar-refractivity contribution in [2.24, 2.45) is 0 Å². The van der Waals surface area contributed by atoms with Gasteiger partial charge in [0.2, 0.25) is 0 Å². The zero-order chi connectivity index (χ0) is 20.7. The van der Waals surface area contributed by atoms with Crippen LogP contribution in [-0.4, -0.2) is 31.9 Å². The number of hydrogen-bond acceptors (Lipinski definition) is 4. The number of rotatable bonds is 3. The molecule has 30 heavy (non-hydrogen) atoms. The van der Waals surface area contributed by atoms with Crippen LogP contribution in [-0.2, 0) is 13.0 Å². The molecule has 3 heterocycles. The molecule has 0 fully saturated rings. The van der Waals surface area contributed by atoms with Crippen molar-refractivity contribution in [1.29, 1.82) is 0 Å². The van der Waals surface area contributed by atoms with E-state index >= 15 is 0 Å². The molecule has 0 radical (unpaired) electrons. The lowest BCUT2D eigenvalue weighted by molar-refractivity contribution is 0.0732. The first-order valence-electron chi connectivity index (χ1n) is 9.73. The van der Waals surface area contributed by atoms with Crippen molar-refractivity contribution in [2.45, 2.75) is 19.9 Å². The second-order valence-corrected chi connectivity index (χ2v) is 7.35. The minimum atomic E-state index is -0.325. The fourth-order valence-electron chi connectivity index (χ4n) is 3.74. The van der Waals surface area contributed by atoms with Crippen LogP contribution in [0.4, 0.5) is 4.39 Å². The van der Waals surface area contributed by atoms with Crippen LogP contribution in [0.15, 0.2) is 60.8 Å². The molecule has 1 aliphatic rings. The molecule has 0 N–H and O–H groups in total. The van der Waals surface area contributed by atoms with Crippen molar-refractivity contribution < 1.29 is 13.9 Å². The maximum atomic E-state index is 13.1. The number of aromatic nitrogens is 3. The highest BCUT2D eigenvalue weighted by Crippen LogP contribution is 2.25. The molecule has 0 aliphatic carbocycles. The first-order valence-corrected chi connectivity index (χ1v) is 9.73. The molecule has 0 saturated carbocycles. The molecule has 1 amide bonds. The van der Waals surface area contributed by atoms with Gasteiger partial charge in [0, 0.05) is 42.9 Å². The van der Waals surface area contributed by atoms with E-state index in [1.54, 1.807) is 36.4 Å². The number of carbonyl (C=O) groups excluding carboxylic acids is 1. The Labute approximate surface area is 172 Å². The number of hydrogen-bond donors (Lipinski definition) is 0. The van der Waals surface area contributed by atoms with E-state index in [2.05, 4.69) is 10.1 Å². The highest BCUT2D eigenvalue weighted by atomic mass is 19.1. The van der Waals surface area contributed by atoms with E-state index in [4.69, 9.17) is 4.74 Å². The molecule has 7 heteroatoms. The predicted molar refractivity (Wildman–Crippen MR) is 109 cm³/mol. The third-order valence-corrected chi connectivity index (χ3v) is 5.19. The molecule has 1 aliphatic heterocycles. The Balaban J connectivity index is 1.36. The Morgan fingerprint density at radius 2 is 1.93 bits per heavy atom. The Morgan fingerprint density at radius 1 is 1.10 bits per heavy atom. The van der Waals surface area contributed by atoms with Gasteiger partial charge in [-0.25, -0.2) is 13.9 Å². The summed E-state index contributed by atoms with van der Waals surface area (Å²) in [4.78, 5) is 19.4. The molecule has 150 valence electrons. The Kier molecular flexibility index (Phi) is 4.43. The second kappa shape index (κ2) is 7.26. The Morgan fingerprint density at radius 3 is 2.77 bits per heavy atom. The zero-order valence-electron chi connectivity index (χ0n) is 16.4. The van der Waals surface area contributed by atoms with E-state index in [9.17, 15) is 9.18 Å². The van der Waals surface area contributed by atoms with Crippen LogP contribution in [0.25, 0.3) is 5.65 Å². The highest BCUT2D eigenvalue weighted by Gasteiger charge is 2.24. The third kappa shape index (κ3) is 3.39. The van der Waals surface area contributed by atoms with Gasteiger partial charge in [0.25, 0.3) is 5.91 Å². The first-order chi connectivity index (χ1) is 14.6. The smallest absolute Gasteiger partial charge is 0.254 e. The van der Waals surface area contributed by atoms with Gasteiger partial charge in [0.15, 0.2) is 5.65 Å². The van der Waals surface area contributed by atoms with Gasteiger partial charge in [0.1, 0.15) is 17.3 Å². The quantitative estimate of drug-likeness (QED) is 0.516. The van der Waals surface area contributed by atoms with E-state index < -0.39 is 0 Å². The normalized spacial score (nSPS) is 13.3. The molecule has 2 aromatic heterocycles. The van der Waals surface area contributed by atoms with E-state index in [-0.39, 0.29) is 11.7 Å². The van der Waals surface area contributed by atoms with Gasteiger partial charge in [-0.05, 0) is 49.4 Å². The van der Waals surface area contributed by atoms with Crippen LogP contribution < -0.4 is 4.74 Å². The average molecular weight is 402 g/mol. The molecule has 0 bridgehead atoms. The minimum Gasteiger partial charge on any atom is -0.457 e. The highest BCUT2D eigenvalue weighted by molar-refractivity contribution is 5.94. The molecule has 0 unspecified atom stereocenters. The lowest BCUT2D eigenvalue weighted by atomic mass is 10.1. The zero-order valence-corrected chi connectivity index (χ0v) is 16.4. The summed E-state index contributed by atoms with van der Waals surface area (Å²) in [6.45, 7) is 3.03. The van der Waals surface area contributed by atoms with Crippen LogP contribution >= 0.6 is 0 Å². The number of fused-ring (bicyclic) bond motifs is 3. The summed E-state index contributed by atoms with van der Waals surface area (Å²) in [6, 6.07) is 14.8. The lowest BCUT2D eigenvalue weighted by Gasteiger charge is -2.29. The number of ether oxygens (including phenoxy) is 1. The summed E-state index contributed by atoms with van der Waals surface area (Å²) < 4.78 is 20.7. The molecule has 6 nitrogen and oxygen atoms in total. The minimum absolute atomic E-state index is 0.0676. The SMILES string of the molecule is Cc1cc2ncc3c(n2n1)CCN(C(=O)c1cccc(Oc2ccc(F)cc2)c1)C3. The number of aryl methyl sites for hydroxylation is 1. The summed E-state index contributed by atoms with van der Waals surface area (Å²) in [6.07, 6.45) is 2.55. The van der Waals surface area contributed by atoms with Crippen LogP contribution in [0.1, 0.15) is 27.3 Å². The fourth-order valence-corrected chi connectivity index (χ4v) is 3.74. The standard InChI is InChI=1S/C23H19FN4O2/c1-15-11-22-25-13-17-14-27(10-9-21(17)28(22)26-15)23(29)16-3-2-4-20(12-16)30-19-7-5-18(24)6-8-19/h2-8,11-13H,9-10,14H2,1H3. The molecule has 0 saturated heterocycles. The third-order valence-electron chi connectivity index (χ3n) is 5.19. The number of nitrogens with zero attached hydrogens (tertiary/aromatic N) is 4. The van der Waals surface area contributed by atoms with Crippen molar-refractivity contribution in [3.05, 3.63) is 89.1 Å². The van der Waals surface area contributed by atoms with Gasteiger partial charge in [-0.1, -0.05) is 6.07 Å². The maximum absolute atomic E-state index is 13.1. The molecular weight excluding hydrogens is 383 g/mol. The molecule has 0 atom stereocenters. The van der Waals surface area contributed by atoms with E-state index in [0.29, 0.717) is 36.6 Å². The molecular formula is C23H19FN4O2. The number of halogens is 1. The Hall–Kier alpha value is -3.74. The summed E-state index contributed by atoms with van der Waals surface area (Å²) in [5.74, 6) is 0.647. The number of carbonyl (C=O) groups is 1. The molecule has 4 aromatic rings.